The molecule has 2 aliphatic rings. The molecule has 0 radical (unpaired) electrons. The smallest absolute Gasteiger partial charge is 0.300 e. The molecule has 0 bridgehead atoms. The Morgan fingerprint density at radius 3 is 2.82 bits per heavy atom. The molecule has 0 saturated carbocycles. The van der Waals surface area contributed by atoms with Crippen molar-refractivity contribution in [2.75, 3.05) is 13.1 Å². The lowest BCUT2D eigenvalue weighted by Crippen LogP contribution is -2.52. The molecule has 1 N–H and O–H groups in total. The maximum atomic E-state index is 15.6. The number of nitrogens with one attached hydrogen (secondary N) is 1. The first kappa shape index (κ1) is 23.3. The van der Waals surface area contributed by atoms with Gasteiger partial charge in [0.25, 0.3) is 11.6 Å². The summed E-state index contributed by atoms with van der Waals surface area (Å²) in [5, 5.41) is 18.8. The SMILES string of the molecule is Cc1nn(-c2c(F)cccc2[N+](=O)[O-])cc1CC1OC2(CCNCC2)c2sc(Cl)cc2C1(F)F. The second-order valence-electron chi connectivity index (χ2n) is 8.52. The summed E-state index contributed by atoms with van der Waals surface area (Å²) in [5.74, 6) is -4.15. The Hall–Kier alpha value is -2.47. The zero-order chi connectivity index (χ0) is 24.3. The molecule has 1 unspecified atom stereocenters. The van der Waals surface area contributed by atoms with E-state index in [2.05, 4.69) is 10.4 Å². The van der Waals surface area contributed by atoms with E-state index in [1.54, 1.807) is 6.92 Å². The van der Waals surface area contributed by atoms with Crippen LogP contribution in [0.1, 0.15) is 34.5 Å². The number of nitrogens with zero attached hydrogens (tertiary/aromatic N) is 3. The van der Waals surface area contributed by atoms with Gasteiger partial charge in [-0.3, -0.25) is 10.1 Å². The van der Waals surface area contributed by atoms with E-state index in [1.807, 2.05) is 0 Å². The van der Waals surface area contributed by atoms with E-state index in [1.165, 1.54) is 18.3 Å². The highest BCUT2D eigenvalue weighted by Crippen LogP contribution is 2.55. The van der Waals surface area contributed by atoms with Gasteiger partial charge in [0.15, 0.2) is 11.5 Å². The Bertz CT molecular complexity index is 1270. The molecular weight excluding hydrogens is 493 g/mol. The molecule has 1 aromatic carbocycles. The first-order valence-electron chi connectivity index (χ1n) is 10.7. The van der Waals surface area contributed by atoms with Crippen LogP contribution in [0.15, 0.2) is 30.5 Å². The number of nitro groups is 1. The molecule has 7 nitrogen and oxygen atoms in total. The molecule has 34 heavy (non-hydrogen) atoms. The van der Waals surface area contributed by atoms with Crippen LogP contribution in [0, 0.1) is 22.9 Å². The lowest BCUT2D eigenvalue weighted by atomic mass is 9.82. The number of aryl methyl sites for hydroxylation is 1. The molecule has 0 aliphatic carbocycles. The molecule has 1 spiro atoms. The fraction of sp³-hybridized carbons (Fsp3) is 0.409. The summed E-state index contributed by atoms with van der Waals surface area (Å²) in [6.45, 7) is 2.84. The van der Waals surface area contributed by atoms with Crippen LogP contribution in [-0.4, -0.2) is 33.9 Å². The summed E-state index contributed by atoms with van der Waals surface area (Å²) in [7, 11) is 0. The van der Waals surface area contributed by atoms with E-state index in [0.29, 0.717) is 42.1 Å². The summed E-state index contributed by atoms with van der Waals surface area (Å²) in [6.07, 6.45) is 0.705. The lowest BCUT2D eigenvalue weighted by Gasteiger charge is -2.46. The fourth-order valence-corrected chi connectivity index (χ4v) is 6.21. The average Bonchev–Trinajstić information content (AvgIpc) is 3.36. The fourth-order valence-electron chi connectivity index (χ4n) is 4.75. The maximum Gasteiger partial charge on any atom is 0.300 e. The number of fused-ring (bicyclic) bond motifs is 2. The van der Waals surface area contributed by atoms with Crippen molar-refractivity contribution in [2.24, 2.45) is 0 Å². The largest absolute Gasteiger partial charge is 0.359 e. The second-order valence-corrected chi connectivity index (χ2v) is 10.2. The Morgan fingerprint density at radius 1 is 1.38 bits per heavy atom. The number of aromatic nitrogens is 2. The van der Waals surface area contributed by atoms with Gasteiger partial charge in [0.05, 0.1) is 15.0 Å². The standard InChI is InChI=1S/C22H20ClF3N4O3S/c1-12-13(11-29(28-12)19-15(24)3-2-4-16(19)30(31)32)9-17-22(25,26)14-10-18(23)34-20(14)21(33-17)5-7-27-8-6-21/h2-4,10-11,17,27H,5-9H2,1H3. The van der Waals surface area contributed by atoms with E-state index >= 15 is 8.78 Å². The highest BCUT2D eigenvalue weighted by Gasteiger charge is 2.56. The van der Waals surface area contributed by atoms with Gasteiger partial charge in [0.2, 0.25) is 0 Å². The summed E-state index contributed by atoms with van der Waals surface area (Å²) < 4.78 is 53.2. The zero-order valence-electron chi connectivity index (χ0n) is 18.0. The number of thiophene rings is 1. The van der Waals surface area contributed by atoms with Crippen molar-refractivity contribution < 1.29 is 22.8 Å². The number of benzene rings is 1. The van der Waals surface area contributed by atoms with Gasteiger partial charge >= 0.3 is 0 Å². The monoisotopic (exact) mass is 512 g/mol. The van der Waals surface area contributed by atoms with Crippen LogP contribution in [0.5, 0.6) is 0 Å². The number of para-hydroxylation sites is 1. The maximum absolute atomic E-state index is 15.6. The first-order chi connectivity index (χ1) is 16.1. The molecule has 1 saturated heterocycles. The van der Waals surface area contributed by atoms with Crippen LogP contribution in [0.3, 0.4) is 0 Å². The molecule has 1 atom stereocenters. The van der Waals surface area contributed by atoms with E-state index < -0.39 is 34.1 Å². The van der Waals surface area contributed by atoms with Crippen LogP contribution < -0.4 is 5.32 Å². The summed E-state index contributed by atoms with van der Waals surface area (Å²) in [4.78, 5) is 11.2. The molecule has 2 aromatic heterocycles. The van der Waals surface area contributed by atoms with Crippen LogP contribution in [0.2, 0.25) is 4.34 Å². The Balaban J connectivity index is 1.53. The third-order valence-corrected chi connectivity index (χ3v) is 7.91. The predicted molar refractivity (Wildman–Crippen MR) is 120 cm³/mol. The van der Waals surface area contributed by atoms with E-state index in [0.717, 1.165) is 28.2 Å². The summed E-state index contributed by atoms with van der Waals surface area (Å²) in [5.41, 5.74) is -1.06. The molecule has 3 aromatic rings. The van der Waals surface area contributed by atoms with Crippen molar-refractivity contribution in [1.29, 1.82) is 0 Å². The third kappa shape index (κ3) is 3.71. The van der Waals surface area contributed by atoms with Gasteiger partial charge in [-0.15, -0.1) is 11.3 Å². The highest BCUT2D eigenvalue weighted by molar-refractivity contribution is 7.16. The van der Waals surface area contributed by atoms with Gasteiger partial charge in [-0.1, -0.05) is 17.7 Å². The van der Waals surface area contributed by atoms with Gasteiger partial charge in [-0.2, -0.15) is 13.9 Å². The van der Waals surface area contributed by atoms with Crippen LogP contribution in [0.25, 0.3) is 5.69 Å². The Labute approximate surface area is 201 Å². The molecule has 0 amide bonds. The van der Waals surface area contributed by atoms with Gasteiger partial charge in [-0.05, 0) is 50.6 Å². The highest BCUT2D eigenvalue weighted by atomic mass is 35.5. The molecule has 180 valence electrons. The van der Waals surface area contributed by atoms with Crippen molar-refractivity contribution in [2.45, 2.75) is 43.8 Å². The predicted octanol–water partition coefficient (Wildman–Crippen LogP) is 5.25. The number of piperidine rings is 1. The quantitative estimate of drug-likeness (QED) is 0.381. The van der Waals surface area contributed by atoms with Gasteiger partial charge in [0.1, 0.15) is 11.7 Å². The zero-order valence-corrected chi connectivity index (χ0v) is 19.6. The van der Waals surface area contributed by atoms with Gasteiger partial charge < -0.3 is 10.1 Å². The minimum Gasteiger partial charge on any atom is -0.359 e. The Kier molecular flexibility index (Phi) is 5.70. The number of alkyl halides is 2. The van der Waals surface area contributed by atoms with E-state index in [-0.39, 0.29) is 22.0 Å². The van der Waals surface area contributed by atoms with Crippen LogP contribution in [-0.2, 0) is 22.7 Å². The third-order valence-electron chi connectivity index (χ3n) is 6.46. The number of nitro benzene ring substituents is 1. The molecule has 1 fully saturated rings. The lowest BCUT2D eigenvalue weighted by molar-refractivity contribution is -0.384. The molecule has 2 aliphatic heterocycles. The van der Waals surface area contributed by atoms with Crippen molar-refractivity contribution in [3.63, 3.8) is 0 Å². The van der Waals surface area contributed by atoms with Crippen LogP contribution >= 0.6 is 22.9 Å². The molecular formula is C22H20ClF3N4O3S. The second kappa shape index (κ2) is 8.33. The normalized spacial score (nSPS) is 20.9. The molecule has 12 heteroatoms. The minimum atomic E-state index is -3.31. The van der Waals surface area contributed by atoms with E-state index in [4.69, 9.17) is 16.3 Å². The van der Waals surface area contributed by atoms with Crippen molar-refractivity contribution in [1.82, 2.24) is 15.1 Å². The average molecular weight is 513 g/mol. The first-order valence-corrected chi connectivity index (χ1v) is 11.9. The number of ether oxygens (including phenoxy) is 1. The number of rotatable bonds is 4. The van der Waals surface area contributed by atoms with Crippen molar-refractivity contribution >= 4 is 28.6 Å². The molecule has 4 heterocycles. The summed E-state index contributed by atoms with van der Waals surface area (Å²) >= 11 is 7.28. The number of hydrogen-bond donors (Lipinski definition) is 1. The van der Waals surface area contributed by atoms with Crippen LogP contribution in [0.4, 0.5) is 18.9 Å². The topological polar surface area (TPSA) is 82.2 Å². The van der Waals surface area contributed by atoms with Gasteiger partial charge in [0, 0.05) is 29.1 Å². The minimum absolute atomic E-state index is 0.115. The van der Waals surface area contributed by atoms with Crippen molar-refractivity contribution in [3.8, 4) is 5.69 Å². The summed E-state index contributed by atoms with van der Waals surface area (Å²) in [6, 6.07) is 4.79. The number of hydrogen-bond acceptors (Lipinski definition) is 6. The number of halogens is 4. The van der Waals surface area contributed by atoms with E-state index in [9.17, 15) is 14.5 Å². The van der Waals surface area contributed by atoms with Crippen molar-refractivity contribution in [3.05, 3.63) is 72.4 Å². The Morgan fingerprint density at radius 2 is 2.12 bits per heavy atom. The molecule has 5 rings (SSSR count). The van der Waals surface area contributed by atoms with Gasteiger partial charge in [-0.25, -0.2) is 9.07 Å².